The predicted molar refractivity (Wildman–Crippen MR) is 172 cm³/mol. The van der Waals surface area contributed by atoms with Crippen LogP contribution in [0.1, 0.15) is 61.5 Å². The molecule has 5 rings (SSSR count). The van der Waals surface area contributed by atoms with E-state index in [-0.39, 0.29) is 54.2 Å². The highest BCUT2D eigenvalue weighted by Gasteiger charge is 2.39. The number of rotatable bonds is 7. The van der Waals surface area contributed by atoms with Gasteiger partial charge in [-0.3, -0.25) is 14.4 Å². The summed E-state index contributed by atoms with van der Waals surface area (Å²) < 4.78 is 51.9. The van der Waals surface area contributed by atoms with Gasteiger partial charge in [0.2, 0.25) is 5.91 Å². The molecule has 2 heterocycles. The van der Waals surface area contributed by atoms with Gasteiger partial charge in [-0.05, 0) is 87.9 Å². The zero-order valence-electron chi connectivity index (χ0n) is 26.9. The van der Waals surface area contributed by atoms with Crippen LogP contribution >= 0.6 is 0 Å². The minimum Gasteiger partial charge on any atom is -0.490 e. The Kier molecular flexibility index (Phi) is 10.2. The molecule has 0 radical (unpaired) electrons. The molecular formula is C36H40F3N3O5. The summed E-state index contributed by atoms with van der Waals surface area (Å²) in [5, 5.41) is 5.85. The number of amides is 3. The van der Waals surface area contributed by atoms with E-state index in [0.717, 1.165) is 31.1 Å². The van der Waals surface area contributed by atoms with E-state index in [9.17, 15) is 27.6 Å². The molecule has 0 spiro atoms. The molecule has 0 bridgehead atoms. The standard InChI is InChI=1S/C36H40F3N3O5/c1-5-24(36(37,38)39)10-13-28(21(2)3)34(44)41-25-11-15-31-29(18-25)35(45)42(4)30-14-12-27(47-32(30)20-46-31)19-33(43)40-26-16-22-8-6-7-9-23(22)17-26/h5-11,13,15,18,26-27,30,32H,12,14,16-17,19-20H2,1-4H3,(H,40,43)(H,41,44)/b13-10-,24-5+/t27-,30-,32-/m0/s1. The van der Waals surface area contributed by atoms with Crippen molar-refractivity contribution in [3.8, 4) is 5.75 Å². The Labute approximate surface area is 272 Å². The van der Waals surface area contributed by atoms with E-state index >= 15 is 0 Å². The van der Waals surface area contributed by atoms with Crippen LogP contribution in [0.5, 0.6) is 5.75 Å². The molecule has 1 saturated heterocycles. The van der Waals surface area contributed by atoms with Gasteiger partial charge in [-0.2, -0.15) is 13.2 Å². The number of nitrogens with zero attached hydrogens (tertiary/aromatic N) is 1. The van der Waals surface area contributed by atoms with Gasteiger partial charge < -0.3 is 25.0 Å². The van der Waals surface area contributed by atoms with E-state index in [1.165, 1.54) is 24.1 Å². The fourth-order valence-electron chi connectivity index (χ4n) is 6.45. The number of ether oxygens (including phenoxy) is 2. The fourth-order valence-corrected chi connectivity index (χ4v) is 6.45. The van der Waals surface area contributed by atoms with Crippen molar-refractivity contribution < 1.29 is 37.0 Å². The number of hydrogen-bond acceptors (Lipinski definition) is 5. The SMILES string of the molecule is C/C=C(\C=C/C(C(=O)Nc1ccc2c(c1)C(=O)N(C)[C@H]1CC[C@@H](CC(=O)NC3Cc4ccccc4C3)O[C@H]1CO2)=C(C)C)C(F)(F)F. The first-order valence-corrected chi connectivity index (χ1v) is 15.8. The largest absolute Gasteiger partial charge is 0.490 e. The maximum atomic E-state index is 13.7. The van der Waals surface area contributed by atoms with Gasteiger partial charge in [-0.25, -0.2) is 0 Å². The second-order valence-electron chi connectivity index (χ2n) is 12.5. The second-order valence-corrected chi connectivity index (χ2v) is 12.5. The first kappa shape index (κ1) is 34.0. The average molecular weight is 652 g/mol. The molecule has 0 aromatic heterocycles. The van der Waals surface area contributed by atoms with E-state index in [1.54, 1.807) is 37.9 Å². The Morgan fingerprint density at radius 1 is 1.04 bits per heavy atom. The molecule has 250 valence electrons. The van der Waals surface area contributed by atoms with Crippen molar-refractivity contribution in [3.05, 3.63) is 94.1 Å². The Morgan fingerprint density at radius 3 is 2.38 bits per heavy atom. The van der Waals surface area contributed by atoms with Crippen LogP contribution in [0.15, 0.2) is 77.4 Å². The molecule has 2 aromatic carbocycles. The summed E-state index contributed by atoms with van der Waals surface area (Å²) in [5.41, 5.74) is 2.78. The molecule has 1 aliphatic carbocycles. The van der Waals surface area contributed by atoms with Gasteiger partial charge in [0, 0.05) is 24.4 Å². The number of fused-ring (bicyclic) bond motifs is 3. The lowest BCUT2D eigenvalue weighted by Crippen LogP contribution is -2.54. The molecule has 11 heteroatoms. The third kappa shape index (κ3) is 7.96. The zero-order chi connectivity index (χ0) is 33.9. The van der Waals surface area contributed by atoms with Crippen molar-refractivity contribution in [1.29, 1.82) is 0 Å². The maximum absolute atomic E-state index is 13.7. The van der Waals surface area contributed by atoms with Crippen LogP contribution in [0.2, 0.25) is 0 Å². The van der Waals surface area contributed by atoms with Crippen LogP contribution in [-0.4, -0.2) is 66.7 Å². The fraction of sp³-hybridized carbons (Fsp3) is 0.417. The van der Waals surface area contributed by atoms with Gasteiger partial charge in [0.1, 0.15) is 18.5 Å². The highest BCUT2D eigenvalue weighted by molar-refractivity contribution is 6.07. The molecule has 2 aromatic rings. The van der Waals surface area contributed by atoms with Gasteiger partial charge in [0.15, 0.2) is 0 Å². The summed E-state index contributed by atoms with van der Waals surface area (Å²) in [6, 6.07) is 12.6. The number of nitrogens with one attached hydrogen (secondary N) is 2. The second kappa shape index (κ2) is 14.2. The number of anilines is 1. The van der Waals surface area contributed by atoms with Crippen LogP contribution < -0.4 is 15.4 Å². The summed E-state index contributed by atoms with van der Waals surface area (Å²) in [5.74, 6) is -0.680. The summed E-state index contributed by atoms with van der Waals surface area (Å²) in [4.78, 5) is 41.3. The van der Waals surface area contributed by atoms with Crippen molar-refractivity contribution in [2.75, 3.05) is 19.0 Å². The maximum Gasteiger partial charge on any atom is 0.416 e. The Bertz CT molecular complexity index is 1600. The van der Waals surface area contributed by atoms with Gasteiger partial charge in [-0.15, -0.1) is 0 Å². The van der Waals surface area contributed by atoms with Crippen molar-refractivity contribution in [2.45, 2.75) is 83.3 Å². The summed E-state index contributed by atoms with van der Waals surface area (Å²) in [7, 11) is 1.69. The lowest BCUT2D eigenvalue weighted by molar-refractivity contribution is -0.134. The lowest BCUT2D eigenvalue weighted by atomic mass is 9.94. The summed E-state index contributed by atoms with van der Waals surface area (Å²) in [6.45, 7) is 4.70. The first-order chi connectivity index (χ1) is 22.3. The normalized spacial score (nSPS) is 21.6. The lowest BCUT2D eigenvalue weighted by Gasteiger charge is -2.42. The third-order valence-corrected chi connectivity index (χ3v) is 8.95. The number of likely N-dealkylation sites (N-methyl/N-ethyl adjacent to an activating group) is 1. The van der Waals surface area contributed by atoms with Gasteiger partial charge in [0.25, 0.3) is 11.8 Å². The van der Waals surface area contributed by atoms with Gasteiger partial charge in [-0.1, -0.05) is 35.9 Å². The Balaban J connectivity index is 1.22. The Hall–Kier alpha value is -4.38. The molecule has 2 aliphatic heterocycles. The number of hydrogen-bond donors (Lipinski definition) is 2. The van der Waals surface area contributed by atoms with Gasteiger partial charge >= 0.3 is 6.18 Å². The predicted octanol–water partition coefficient (Wildman–Crippen LogP) is 6.08. The van der Waals surface area contributed by atoms with Crippen LogP contribution in [0.25, 0.3) is 0 Å². The number of alkyl halides is 3. The van der Waals surface area contributed by atoms with E-state index in [4.69, 9.17) is 9.47 Å². The van der Waals surface area contributed by atoms with Crippen LogP contribution in [0.3, 0.4) is 0 Å². The third-order valence-electron chi connectivity index (χ3n) is 8.95. The molecular weight excluding hydrogens is 611 g/mol. The van der Waals surface area contributed by atoms with Gasteiger partial charge in [0.05, 0.1) is 29.7 Å². The molecule has 3 amide bonds. The zero-order valence-corrected chi connectivity index (χ0v) is 26.9. The van der Waals surface area contributed by atoms with Crippen molar-refractivity contribution >= 4 is 23.4 Å². The molecule has 2 N–H and O–H groups in total. The molecule has 0 unspecified atom stereocenters. The minimum absolute atomic E-state index is 0.0586. The van der Waals surface area contributed by atoms with Crippen molar-refractivity contribution in [3.63, 3.8) is 0 Å². The molecule has 1 fully saturated rings. The van der Waals surface area contributed by atoms with Crippen molar-refractivity contribution in [2.24, 2.45) is 0 Å². The molecule has 47 heavy (non-hydrogen) atoms. The smallest absolute Gasteiger partial charge is 0.416 e. The number of allylic oxidation sites excluding steroid dienone is 4. The average Bonchev–Trinajstić information content (AvgIpc) is 3.42. The quantitative estimate of drug-likeness (QED) is 0.280. The monoisotopic (exact) mass is 651 g/mol. The first-order valence-electron chi connectivity index (χ1n) is 15.8. The molecule has 8 nitrogen and oxygen atoms in total. The molecule has 3 aliphatic rings. The topological polar surface area (TPSA) is 97.0 Å². The number of carbonyl (C=O) groups is 3. The summed E-state index contributed by atoms with van der Waals surface area (Å²) in [6.07, 6.45) is 0.724. The molecule has 0 saturated carbocycles. The Morgan fingerprint density at radius 2 is 1.74 bits per heavy atom. The highest BCUT2D eigenvalue weighted by atomic mass is 19.4. The van der Waals surface area contributed by atoms with E-state index < -0.39 is 23.8 Å². The highest BCUT2D eigenvalue weighted by Crippen LogP contribution is 2.33. The van der Waals surface area contributed by atoms with Crippen LogP contribution in [0, 0.1) is 0 Å². The van der Waals surface area contributed by atoms with E-state index in [0.29, 0.717) is 29.9 Å². The van der Waals surface area contributed by atoms with Crippen LogP contribution in [-0.2, 0) is 27.2 Å². The number of benzene rings is 2. The minimum atomic E-state index is -4.54. The number of carbonyl (C=O) groups excluding carboxylic acids is 3. The summed E-state index contributed by atoms with van der Waals surface area (Å²) >= 11 is 0. The van der Waals surface area contributed by atoms with Crippen molar-refractivity contribution in [1.82, 2.24) is 10.2 Å². The molecule has 3 atom stereocenters. The van der Waals surface area contributed by atoms with Crippen LogP contribution in [0.4, 0.5) is 18.9 Å². The van der Waals surface area contributed by atoms with E-state index in [1.807, 2.05) is 12.1 Å². The number of halogens is 3. The van der Waals surface area contributed by atoms with E-state index in [2.05, 4.69) is 22.8 Å².